The van der Waals surface area contributed by atoms with E-state index in [1.165, 1.54) is 295 Å². The van der Waals surface area contributed by atoms with Crippen molar-refractivity contribution in [3.05, 3.63) is 0 Å². The Kier molecular flexibility index (Phi) is 78.2. The van der Waals surface area contributed by atoms with Crippen molar-refractivity contribution in [2.45, 2.75) is 490 Å². The molecule has 0 spiro atoms. The predicted molar refractivity (Wildman–Crippen MR) is 437 cm³/mol. The monoisotopic (exact) mass is 1550 g/mol. The highest BCUT2D eigenvalue weighted by molar-refractivity contribution is 7.47. The summed E-state index contributed by atoms with van der Waals surface area (Å²) in [5.41, 5.74) is 0. The summed E-state index contributed by atoms with van der Waals surface area (Å²) in [6, 6.07) is 0. The summed E-state index contributed by atoms with van der Waals surface area (Å²) in [7, 11) is -9.93. The lowest BCUT2D eigenvalue weighted by molar-refractivity contribution is -0.161. The van der Waals surface area contributed by atoms with Gasteiger partial charge in [0.25, 0.3) is 0 Å². The van der Waals surface area contributed by atoms with Crippen LogP contribution in [0.25, 0.3) is 0 Å². The number of hydrogen-bond donors (Lipinski definition) is 3. The van der Waals surface area contributed by atoms with Gasteiger partial charge in [-0.2, -0.15) is 0 Å². The van der Waals surface area contributed by atoms with Gasteiger partial charge in [-0.15, -0.1) is 0 Å². The third-order valence-corrected chi connectivity index (χ3v) is 22.8. The molecular formula is C87H170O17P2. The summed E-state index contributed by atoms with van der Waals surface area (Å²) in [4.78, 5) is 73.3. The van der Waals surface area contributed by atoms with Crippen LogP contribution in [-0.4, -0.2) is 96.7 Å². The van der Waals surface area contributed by atoms with Gasteiger partial charge in [-0.25, -0.2) is 9.13 Å². The van der Waals surface area contributed by atoms with Crippen molar-refractivity contribution in [3.8, 4) is 0 Å². The number of unbranched alkanes of at least 4 members (excludes halogenated alkanes) is 58. The average Bonchev–Trinajstić information content (AvgIpc) is 0.901. The first-order valence-corrected chi connectivity index (χ1v) is 48.2. The molecule has 0 aromatic heterocycles. The van der Waals surface area contributed by atoms with Crippen molar-refractivity contribution < 1.29 is 80.2 Å². The van der Waals surface area contributed by atoms with Crippen molar-refractivity contribution in [3.63, 3.8) is 0 Å². The van der Waals surface area contributed by atoms with Crippen LogP contribution in [0.2, 0.25) is 0 Å². The van der Waals surface area contributed by atoms with Crippen LogP contribution in [0.15, 0.2) is 0 Å². The van der Waals surface area contributed by atoms with Gasteiger partial charge in [0, 0.05) is 25.7 Å². The van der Waals surface area contributed by atoms with E-state index in [1.807, 2.05) is 0 Å². The van der Waals surface area contributed by atoms with E-state index in [-0.39, 0.29) is 25.7 Å². The fraction of sp³-hybridized carbons (Fsp3) is 0.954. The fourth-order valence-corrected chi connectivity index (χ4v) is 15.2. The smallest absolute Gasteiger partial charge is 0.462 e. The van der Waals surface area contributed by atoms with E-state index in [4.69, 9.17) is 37.0 Å². The molecule has 0 aliphatic heterocycles. The highest BCUT2D eigenvalue weighted by Crippen LogP contribution is 2.45. The molecule has 0 aromatic rings. The molecule has 0 heterocycles. The number of rotatable bonds is 87. The van der Waals surface area contributed by atoms with Crippen molar-refractivity contribution in [2.24, 2.45) is 5.92 Å². The first-order valence-electron chi connectivity index (χ1n) is 45.2. The molecule has 6 atom stereocenters. The second kappa shape index (κ2) is 79.7. The maximum absolute atomic E-state index is 13.2. The number of phosphoric ester groups is 2. The summed E-state index contributed by atoms with van der Waals surface area (Å²) in [5.74, 6) is -1.25. The SMILES string of the molecule is CCCCCCCCCCCCCCCCCCCCCCCC(=O)O[C@H](COC(=O)CCCCCCCCCCCCCCCCC(C)CC)COP(=O)(O)OC[C@@H](O)COP(=O)(O)OC[C@@H](COC(=O)CCCCCCCCCCCCC)OC(=O)CCCCCCCCCCCCCCCCCC. The van der Waals surface area contributed by atoms with Gasteiger partial charge >= 0.3 is 39.5 Å². The maximum atomic E-state index is 13.2. The zero-order chi connectivity index (χ0) is 77.6. The van der Waals surface area contributed by atoms with Gasteiger partial charge in [-0.1, -0.05) is 420 Å². The molecule has 3 unspecified atom stereocenters. The molecule has 0 aromatic carbocycles. The first kappa shape index (κ1) is 104. The summed E-state index contributed by atoms with van der Waals surface area (Å²) in [6.07, 6.45) is 73.5. The molecule has 17 nitrogen and oxygen atoms in total. The van der Waals surface area contributed by atoms with Crippen molar-refractivity contribution in [2.75, 3.05) is 39.6 Å². The summed E-state index contributed by atoms with van der Waals surface area (Å²) in [5, 5.41) is 10.7. The van der Waals surface area contributed by atoms with Gasteiger partial charge in [-0.3, -0.25) is 37.3 Å². The number of carbonyl (C=O) groups excluding carboxylic acids is 4. The summed E-state index contributed by atoms with van der Waals surface area (Å²) >= 11 is 0. The van der Waals surface area contributed by atoms with Crippen molar-refractivity contribution in [1.29, 1.82) is 0 Å². The number of phosphoric acid groups is 2. The van der Waals surface area contributed by atoms with Crippen LogP contribution in [-0.2, 0) is 65.4 Å². The maximum Gasteiger partial charge on any atom is 0.472 e. The van der Waals surface area contributed by atoms with Gasteiger partial charge in [-0.05, 0) is 31.6 Å². The van der Waals surface area contributed by atoms with Crippen molar-refractivity contribution >= 4 is 39.5 Å². The molecule has 3 N–H and O–H groups in total. The lowest BCUT2D eigenvalue weighted by Gasteiger charge is -2.21. The van der Waals surface area contributed by atoms with Crippen LogP contribution < -0.4 is 0 Å². The lowest BCUT2D eigenvalue weighted by Crippen LogP contribution is -2.30. The first-order chi connectivity index (χ1) is 51.6. The van der Waals surface area contributed by atoms with Crippen LogP contribution in [0.4, 0.5) is 0 Å². The normalized spacial score (nSPS) is 14.0. The van der Waals surface area contributed by atoms with E-state index in [0.29, 0.717) is 25.7 Å². The highest BCUT2D eigenvalue weighted by Gasteiger charge is 2.30. The van der Waals surface area contributed by atoms with E-state index in [0.717, 1.165) is 95.8 Å². The Morgan fingerprint density at radius 1 is 0.264 bits per heavy atom. The molecule has 630 valence electrons. The van der Waals surface area contributed by atoms with E-state index >= 15 is 0 Å². The lowest BCUT2D eigenvalue weighted by atomic mass is 9.99. The molecule has 0 saturated heterocycles. The number of aliphatic hydroxyl groups is 1. The van der Waals surface area contributed by atoms with Gasteiger partial charge in [0.05, 0.1) is 26.4 Å². The Labute approximate surface area is 651 Å². The standard InChI is InChI=1S/C87H170O17P2/c1-6-10-13-16-19-22-25-27-29-31-32-33-34-35-37-43-48-53-58-63-68-73-87(92)104-83(77-98-85(90)71-66-61-56-51-46-41-39-38-40-45-49-54-59-64-69-80(5)9-4)79-102-106(95,96)100-75-81(88)74-99-105(93,94)101-78-82(76-97-84(89)70-65-60-55-50-44-24-21-18-15-12-8-3)103-86(91)72-67-62-57-52-47-42-36-30-28-26-23-20-17-14-11-7-2/h80-83,88H,6-79H2,1-5H3,(H,93,94)(H,95,96)/t80?,81-,82+,83+/m0/s1. The summed E-state index contributed by atoms with van der Waals surface area (Å²) in [6.45, 7) is 7.43. The second-order valence-electron chi connectivity index (χ2n) is 31.5. The van der Waals surface area contributed by atoms with Crippen LogP contribution in [0.5, 0.6) is 0 Å². The van der Waals surface area contributed by atoms with Crippen LogP contribution in [0.1, 0.15) is 471 Å². The number of ether oxygens (including phenoxy) is 4. The predicted octanol–water partition coefficient (Wildman–Crippen LogP) is 26.8. The van der Waals surface area contributed by atoms with Gasteiger partial charge in [0.1, 0.15) is 19.3 Å². The quantitative estimate of drug-likeness (QED) is 0.0222. The minimum absolute atomic E-state index is 0.109. The molecular weight excluding hydrogens is 1380 g/mol. The van der Waals surface area contributed by atoms with Crippen molar-refractivity contribution in [1.82, 2.24) is 0 Å². The molecule has 0 saturated carbocycles. The number of aliphatic hydroxyl groups excluding tert-OH is 1. The highest BCUT2D eigenvalue weighted by atomic mass is 31.2. The number of carbonyl (C=O) groups is 4. The number of hydrogen-bond acceptors (Lipinski definition) is 15. The third-order valence-electron chi connectivity index (χ3n) is 20.9. The Morgan fingerprint density at radius 2 is 0.453 bits per heavy atom. The van der Waals surface area contributed by atoms with Gasteiger partial charge in [0.15, 0.2) is 12.2 Å². The molecule has 0 amide bonds. The second-order valence-corrected chi connectivity index (χ2v) is 34.4. The number of esters is 4. The molecule has 0 radical (unpaired) electrons. The Bertz CT molecular complexity index is 2020. The minimum Gasteiger partial charge on any atom is -0.462 e. The van der Waals surface area contributed by atoms with E-state index in [2.05, 4.69) is 34.6 Å². The molecule has 0 fully saturated rings. The molecule has 0 rings (SSSR count). The zero-order valence-electron chi connectivity index (χ0n) is 69.6. The van der Waals surface area contributed by atoms with E-state index in [1.54, 1.807) is 0 Å². The Hall–Kier alpha value is -1.94. The zero-order valence-corrected chi connectivity index (χ0v) is 71.4. The molecule has 106 heavy (non-hydrogen) atoms. The van der Waals surface area contributed by atoms with Crippen LogP contribution in [0.3, 0.4) is 0 Å². The Balaban J connectivity index is 5.24. The van der Waals surface area contributed by atoms with E-state index in [9.17, 15) is 43.2 Å². The molecule has 0 aliphatic rings. The largest absolute Gasteiger partial charge is 0.472 e. The molecule has 19 heteroatoms. The van der Waals surface area contributed by atoms with Crippen LogP contribution in [0, 0.1) is 5.92 Å². The molecule has 0 aliphatic carbocycles. The fourth-order valence-electron chi connectivity index (χ4n) is 13.6. The van der Waals surface area contributed by atoms with E-state index < -0.39 is 97.5 Å². The minimum atomic E-state index is -4.97. The average molecular weight is 1550 g/mol. The molecule has 0 bridgehead atoms. The van der Waals surface area contributed by atoms with Gasteiger partial charge < -0.3 is 33.8 Å². The summed E-state index contributed by atoms with van der Waals surface area (Å²) < 4.78 is 68.9. The Morgan fingerprint density at radius 3 is 0.670 bits per heavy atom. The third kappa shape index (κ3) is 78.7. The van der Waals surface area contributed by atoms with Crippen LogP contribution >= 0.6 is 15.6 Å². The van der Waals surface area contributed by atoms with Gasteiger partial charge in [0.2, 0.25) is 0 Å². The topological polar surface area (TPSA) is 237 Å².